The standard InChI is InChI=1S/C15H24N2O3.ClH/c1-10(2)20-13-7-5-12(6-8-13)11(3)17-15(18)14(16)9-19-4;/h5-8,10-11,14H,9,16H2,1-4H3,(H,17,18);1H. The molecular formula is C15H25ClN2O3. The Morgan fingerprint density at radius 2 is 1.81 bits per heavy atom. The van der Waals surface area contributed by atoms with Gasteiger partial charge in [0.05, 0.1) is 18.8 Å². The van der Waals surface area contributed by atoms with Gasteiger partial charge < -0.3 is 20.5 Å². The SMILES string of the molecule is COCC(N)C(=O)NC(C)c1ccc(OC(C)C)cc1.Cl. The van der Waals surface area contributed by atoms with E-state index in [0.717, 1.165) is 11.3 Å². The van der Waals surface area contributed by atoms with Gasteiger partial charge in [-0.05, 0) is 38.5 Å². The summed E-state index contributed by atoms with van der Waals surface area (Å²) in [7, 11) is 1.52. The number of nitrogens with one attached hydrogen (secondary N) is 1. The molecule has 3 N–H and O–H groups in total. The Kier molecular flexibility index (Phi) is 9.01. The zero-order valence-corrected chi connectivity index (χ0v) is 13.8. The maximum absolute atomic E-state index is 11.8. The van der Waals surface area contributed by atoms with Gasteiger partial charge in [-0.15, -0.1) is 12.4 Å². The molecule has 1 aromatic carbocycles. The van der Waals surface area contributed by atoms with Crippen LogP contribution < -0.4 is 15.8 Å². The van der Waals surface area contributed by atoms with Crippen molar-refractivity contribution < 1.29 is 14.3 Å². The third-order valence-corrected chi connectivity index (χ3v) is 2.79. The molecule has 0 heterocycles. The van der Waals surface area contributed by atoms with Crippen molar-refractivity contribution in [3.63, 3.8) is 0 Å². The van der Waals surface area contributed by atoms with E-state index in [9.17, 15) is 4.79 Å². The van der Waals surface area contributed by atoms with Crippen LogP contribution in [-0.2, 0) is 9.53 Å². The molecule has 2 atom stereocenters. The van der Waals surface area contributed by atoms with Crippen LogP contribution >= 0.6 is 12.4 Å². The maximum Gasteiger partial charge on any atom is 0.239 e. The number of benzene rings is 1. The van der Waals surface area contributed by atoms with E-state index in [1.807, 2.05) is 45.0 Å². The average Bonchev–Trinajstić information content (AvgIpc) is 2.39. The molecule has 0 radical (unpaired) electrons. The van der Waals surface area contributed by atoms with Crippen LogP contribution in [0.3, 0.4) is 0 Å². The first-order valence-corrected chi connectivity index (χ1v) is 6.75. The molecule has 0 spiro atoms. The lowest BCUT2D eigenvalue weighted by molar-refractivity contribution is -0.124. The van der Waals surface area contributed by atoms with E-state index in [4.69, 9.17) is 15.2 Å². The van der Waals surface area contributed by atoms with Gasteiger partial charge in [-0.1, -0.05) is 12.1 Å². The number of halogens is 1. The lowest BCUT2D eigenvalue weighted by atomic mass is 10.1. The second-order valence-electron chi connectivity index (χ2n) is 5.03. The summed E-state index contributed by atoms with van der Waals surface area (Å²) in [5.41, 5.74) is 6.68. The molecule has 0 aliphatic rings. The van der Waals surface area contributed by atoms with Crippen molar-refractivity contribution in [1.29, 1.82) is 0 Å². The van der Waals surface area contributed by atoms with E-state index >= 15 is 0 Å². The molecule has 5 nitrogen and oxygen atoms in total. The largest absolute Gasteiger partial charge is 0.491 e. The number of methoxy groups -OCH3 is 1. The highest BCUT2D eigenvalue weighted by Crippen LogP contribution is 2.18. The molecule has 21 heavy (non-hydrogen) atoms. The number of ether oxygens (including phenoxy) is 2. The minimum atomic E-state index is -0.647. The summed E-state index contributed by atoms with van der Waals surface area (Å²) in [4.78, 5) is 11.8. The zero-order chi connectivity index (χ0) is 15.1. The van der Waals surface area contributed by atoms with E-state index in [-0.39, 0.29) is 37.1 Å². The quantitative estimate of drug-likeness (QED) is 0.807. The third-order valence-electron chi connectivity index (χ3n) is 2.79. The highest BCUT2D eigenvalue weighted by Gasteiger charge is 2.16. The van der Waals surface area contributed by atoms with E-state index in [1.165, 1.54) is 7.11 Å². The van der Waals surface area contributed by atoms with Gasteiger partial charge >= 0.3 is 0 Å². The third kappa shape index (κ3) is 6.80. The van der Waals surface area contributed by atoms with Crippen LogP contribution in [-0.4, -0.2) is 31.8 Å². The fraction of sp³-hybridized carbons (Fsp3) is 0.533. The number of carbonyl (C=O) groups is 1. The molecule has 1 amide bonds. The van der Waals surface area contributed by atoms with Crippen LogP contribution in [0.25, 0.3) is 0 Å². The number of amides is 1. The normalized spacial score (nSPS) is 13.2. The Labute approximate surface area is 132 Å². The summed E-state index contributed by atoms with van der Waals surface area (Å²) < 4.78 is 10.4. The van der Waals surface area contributed by atoms with Gasteiger partial charge in [0.15, 0.2) is 0 Å². The highest BCUT2D eigenvalue weighted by molar-refractivity contribution is 5.85. The molecule has 6 heteroatoms. The Morgan fingerprint density at radius 3 is 2.29 bits per heavy atom. The van der Waals surface area contributed by atoms with Crippen molar-refractivity contribution in [3.05, 3.63) is 29.8 Å². The average molecular weight is 317 g/mol. The molecule has 0 saturated carbocycles. The summed E-state index contributed by atoms with van der Waals surface area (Å²) in [5.74, 6) is 0.597. The van der Waals surface area contributed by atoms with Crippen molar-refractivity contribution in [2.45, 2.75) is 39.0 Å². The maximum atomic E-state index is 11.8. The molecular weight excluding hydrogens is 292 g/mol. The van der Waals surface area contributed by atoms with Crippen molar-refractivity contribution in [3.8, 4) is 5.75 Å². The van der Waals surface area contributed by atoms with E-state index in [2.05, 4.69) is 5.32 Å². The summed E-state index contributed by atoms with van der Waals surface area (Å²) in [5, 5.41) is 2.86. The first-order chi connectivity index (χ1) is 9.43. The van der Waals surface area contributed by atoms with Crippen molar-refractivity contribution in [2.24, 2.45) is 5.73 Å². The molecule has 0 bridgehead atoms. The lowest BCUT2D eigenvalue weighted by Crippen LogP contribution is -2.44. The minimum Gasteiger partial charge on any atom is -0.491 e. The zero-order valence-electron chi connectivity index (χ0n) is 13.0. The molecule has 0 saturated heterocycles. The summed E-state index contributed by atoms with van der Waals surface area (Å²) in [6.45, 7) is 6.08. The molecule has 0 aromatic heterocycles. The predicted octanol–water partition coefficient (Wildman–Crippen LogP) is 2.05. The predicted molar refractivity (Wildman–Crippen MR) is 85.9 cm³/mol. The highest BCUT2D eigenvalue weighted by atomic mass is 35.5. The molecule has 0 aliphatic carbocycles. The van der Waals surface area contributed by atoms with E-state index in [0.29, 0.717) is 0 Å². The molecule has 1 aromatic rings. The van der Waals surface area contributed by atoms with Crippen molar-refractivity contribution >= 4 is 18.3 Å². The van der Waals surface area contributed by atoms with E-state index in [1.54, 1.807) is 0 Å². The van der Waals surface area contributed by atoms with Crippen LogP contribution in [0.5, 0.6) is 5.75 Å². The number of nitrogens with two attached hydrogens (primary N) is 1. The van der Waals surface area contributed by atoms with Gasteiger partial charge in [-0.3, -0.25) is 4.79 Å². The molecule has 0 fully saturated rings. The van der Waals surface area contributed by atoms with Gasteiger partial charge in [0.25, 0.3) is 0 Å². The fourth-order valence-electron chi connectivity index (χ4n) is 1.77. The molecule has 120 valence electrons. The van der Waals surface area contributed by atoms with Crippen LogP contribution in [0.4, 0.5) is 0 Å². The second kappa shape index (κ2) is 9.60. The van der Waals surface area contributed by atoms with Crippen molar-refractivity contribution in [2.75, 3.05) is 13.7 Å². The van der Waals surface area contributed by atoms with Gasteiger partial charge in [0, 0.05) is 7.11 Å². The Hall–Kier alpha value is -1.30. The monoisotopic (exact) mass is 316 g/mol. The number of hydrogen-bond donors (Lipinski definition) is 2. The Balaban J connectivity index is 0.00000400. The van der Waals surface area contributed by atoms with Gasteiger partial charge in [0.2, 0.25) is 5.91 Å². The van der Waals surface area contributed by atoms with Gasteiger partial charge in [-0.25, -0.2) is 0 Å². The molecule has 1 rings (SSSR count). The van der Waals surface area contributed by atoms with Crippen LogP contribution in [0.1, 0.15) is 32.4 Å². The molecule has 2 unspecified atom stereocenters. The van der Waals surface area contributed by atoms with Gasteiger partial charge in [-0.2, -0.15) is 0 Å². The molecule has 0 aliphatic heterocycles. The summed E-state index contributed by atoms with van der Waals surface area (Å²) in [6.07, 6.45) is 0.144. The number of rotatable bonds is 7. The number of carbonyl (C=O) groups excluding carboxylic acids is 1. The smallest absolute Gasteiger partial charge is 0.239 e. The fourth-order valence-corrected chi connectivity index (χ4v) is 1.77. The van der Waals surface area contributed by atoms with Crippen molar-refractivity contribution in [1.82, 2.24) is 5.32 Å². The topological polar surface area (TPSA) is 73.6 Å². The lowest BCUT2D eigenvalue weighted by Gasteiger charge is -2.18. The van der Waals surface area contributed by atoms with Crippen LogP contribution in [0, 0.1) is 0 Å². The Bertz CT molecular complexity index is 423. The second-order valence-corrected chi connectivity index (χ2v) is 5.03. The van der Waals surface area contributed by atoms with Crippen LogP contribution in [0.15, 0.2) is 24.3 Å². The Morgan fingerprint density at radius 1 is 1.24 bits per heavy atom. The van der Waals surface area contributed by atoms with Gasteiger partial charge in [0.1, 0.15) is 11.8 Å². The minimum absolute atomic E-state index is 0. The first kappa shape index (κ1) is 19.7. The summed E-state index contributed by atoms with van der Waals surface area (Å²) in [6, 6.07) is 6.90. The number of hydrogen-bond acceptors (Lipinski definition) is 4. The summed E-state index contributed by atoms with van der Waals surface area (Å²) >= 11 is 0. The van der Waals surface area contributed by atoms with E-state index < -0.39 is 6.04 Å². The van der Waals surface area contributed by atoms with Crippen LogP contribution in [0.2, 0.25) is 0 Å². The first-order valence-electron chi connectivity index (χ1n) is 6.75.